The summed E-state index contributed by atoms with van der Waals surface area (Å²) in [7, 11) is 0. The minimum atomic E-state index is 0.598. The molecule has 1 aromatic heterocycles. The van der Waals surface area contributed by atoms with Gasteiger partial charge in [0, 0.05) is 12.7 Å². The van der Waals surface area contributed by atoms with Crippen molar-refractivity contribution in [3.63, 3.8) is 0 Å². The lowest BCUT2D eigenvalue weighted by atomic mass is 10.1. The van der Waals surface area contributed by atoms with E-state index in [2.05, 4.69) is 22.4 Å². The van der Waals surface area contributed by atoms with Gasteiger partial charge in [-0.3, -0.25) is 4.79 Å². The molecule has 0 radical (unpaired) electrons. The molecular formula is C14H14N2O. The van der Waals surface area contributed by atoms with Crippen LogP contribution < -0.4 is 5.32 Å². The van der Waals surface area contributed by atoms with Crippen LogP contribution in [0.1, 0.15) is 15.9 Å². The zero-order chi connectivity index (χ0) is 11.9. The fraction of sp³-hybridized carbons (Fsp3) is 0.143. The SMILES string of the molecule is O=Cc1cccnc1NCCc1ccccc1. The van der Waals surface area contributed by atoms with Crippen LogP contribution in [0.5, 0.6) is 0 Å². The molecule has 3 nitrogen and oxygen atoms in total. The zero-order valence-electron chi connectivity index (χ0n) is 9.47. The fourth-order valence-electron chi connectivity index (χ4n) is 1.63. The summed E-state index contributed by atoms with van der Waals surface area (Å²) in [4.78, 5) is 14.9. The summed E-state index contributed by atoms with van der Waals surface area (Å²) >= 11 is 0. The molecule has 0 aliphatic rings. The van der Waals surface area contributed by atoms with E-state index in [-0.39, 0.29) is 0 Å². The molecule has 2 aromatic rings. The van der Waals surface area contributed by atoms with Crippen LogP contribution >= 0.6 is 0 Å². The van der Waals surface area contributed by atoms with Crippen LogP contribution in [0.4, 0.5) is 5.82 Å². The highest BCUT2D eigenvalue weighted by atomic mass is 16.1. The lowest BCUT2D eigenvalue weighted by Crippen LogP contribution is -2.08. The number of carbonyl (C=O) groups excluding carboxylic acids is 1. The first-order valence-electron chi connectivity index (χ1n) is 5.58. The maximum atomic E-state index is 10.8. The van der Waals surface area contributed by atoms with Gasteiger partial charge in [0.15, 0.2) is 6.29 Å². The number of rotatable bonds is 5. The molecule has 17 heavy (non-hydrogen) atoms. The summed E-state index contributed by atoms with van der Waals surface area (Å²) in [6.07, 6.45) is 3.41. The van der Waals surface area contributed by atoms with Gasteiger partial charge in [0.2, 0.25) is 0 Å². The normalized spacial score (nSPS) is 9.88. The lowest BCUT2D eigenvalue weighted by molar-refractivity contribution is 0.112. The van der Waals surface area contributed by atoms with Crippen LogP contribution in [0.15, 0.2) is 48.7 Å². The summed E-state index contributed by atoms with van der Waals surface area (Å²) in [5.74, 6) is 0.651. The number of aldehydes is 1. The Morgan fingerprint density at radius 1 is 1.12 bits per heavy atom. The largest absolute Gasteiger partial charge is 0.369 e. The van der Waals surface area contributed by atoms with Gasteiger partial charge in [-0.05, 0) is 24.1 Å². The molecule has 0 unspecified atom stereocenters. The number of pyridine rings is 1. The summed E-state index contributed by atoms with van der Waals surface area (Å²) in [5.41, 5.74) is 1.86. The monoisotopic (exact) mass is 226 g/mol. The highest BCUT2D eigenvalue weighted by Crippen LogP contribution is 2.08. The van der Waals surface area contributed by atoms with E-state index in [9.17, 15) is 4.79 Å². The van der Waals surface area contributed by atoms with Gasteiger partial charge >= 0.3 is 0 Å². The topological polar surface area (TPSA) is 42.0 Å². The van der Waals surface area contributed by atoms with E-state index < -0.39 is 0 Å². The molecule has 2 rings (SSSR count). The van der Waals surface area contributed by atoms with Crippen molar-refractivity contribution >= 4 is 12.1 Å². The Morgan fingerprint density at radius 3 is 2.71 bits per heavy atom. The van der Waals surface area contributed by atoms with E-state index in [0.29, 0.717) is 11.4 Å². The highest BCUT2D eigenvalue weighted by Gasteiger charge is 2.00. The Bertz CT molecular complexity index is 483. The van der Waals surface area contributed by atoms with Crippen molar-refractivity contribution in [3.8, 4) is 0 Å². The molecule has 0 aliphatic heterocycles. The smallest absolute Gasteiger partial charge is 0.153 e. The Labute approximate surface area is 101 Å². The second-order valence-electron chi connectivity index (χ2n) is 3.72. The van der Waals surface area contributed by atoms with Crippen molar-refractivity contribution in [2.24, 2.45) is 0 Å². The molecule has 1 aromatic carbocycles. The van der Waals surface area contributed by atoms with Crippen LogP contribution in [0, 0.1) is 0 Å². The van der Waals surface area contributed by atoms with Gasteiger partial charge in [-0.15, -0.1) is 0 Å². The van der Waals surface area contributed by atoms with Crippen molar-refractivity contribution in [3.05, 3.63) is 59.8 Å². The number of nitrogens with zero attached hydrogens (tertiary/aromatic N) is 1. The molecule has 1 heterocycles. The van der Waals surface area contributed by atoms with Crippen LogP contribution in [0.25, 0.3) is 0 Å². The number of hydrogen-bond acceptors (Lipinski definition) is 3. The van der Waals surface area contributed by atoms with Crippen molar-refractivity contribution in [2.45, 2.75) is 6.42 Å². The molecular weight excluding hydrogens is 212 g/mol. The third-order valence-corrected chi connectivity index (χ3v) is 2.51. The summed E-state index contributed by atoms with van der Waals surface area (Å²) in [5, 5.41) is 3.17. The van der Waals surface area contributed by atoms with Gasteiger partial charge in [-0.2, -0.15) is 0 Å². The van der Waals surface area contributed by atoms with Crippen LogP contribution in [0.2, 0.25) is 0 Å². The van der Waals surface area contributed by atoms with Gasteiger partial charge in [0.25, 0.3) is 0 Å². The third-order valence-electron chi connectivity index (χ3n) is 2.51. The van der Waals surface area contributed by atoms with Crippen molar-refractivity contribution in [1.82, 2.24) is 4.98 Å². The highest BCUT2D eigenvalue weighted by molar-refractivity contribution is 5.82. The first kappa shape index (κ1) is 11.3. The van der Waals surface area contributed by atoms with Crippen molar-refractivity contribution < 1.29 is 4.79 Å². The van der Waals surface area contributed by atoms with E-state index >= 15 is 0 Å². The zero-order valence-corrected chi connectivity index (χ0v) is 9.47. The number of carbonyl (C=O) groups is 1. The summed E-state index contributed by atoms with van der Waals surface area (Å²) in [6, 6.07) is 13.7. The predicted molar refractivity (Wildman–Crippen MR) is 68.3 cm³/mol. The van der Waals surface area contributed by atoms with Crippen molar-refractivity contribution in [1.29, 1.82) is 0 Å². The predicted octanol–water partition coefficient (Wildman–Crippen LogP) is 2.55. The fourth-order valence-corrected chi connectivity index (χ4v) is 1.63. The van der Waals surface area contributed by atoms with E-state index in [4.69, 9.17) is 0 Å². The van der Waals surface area contributed by atoms with Crippen molar-refractivity contribution in [2.75, 3.05) is 11.9 Å². The molecule has 0 fully saturated rings. The maximum Gasteiger partial charge on any atom is 0.153 e. The quantitative estimate of drug-likeness (QED) is 0.797. The Morgan fingerprint density at radius 2 is 1.94 bits per heavy atom. The first-order valence-corrected chi connectivity index (χ1v) is 5.58. The van der Waals surface area contributed by atoms with Crippen LogP contribution in [-0.4, -0.2) is 17.8 Å². The standard InChI is InChI=1S/C14H14N2O/c17-11-13-7-4-9-15-14(13)16-10-8-12-5-2-1-3-6-12/h1-7,9,11H,8,10H2,(H,15,16). The van der Waals surface area contributed by atoms with Gasteiger partial charge in [0.05, 0.1) is 5.56 Å². The summed E-state index contributed by atoms with van der Waals surface area (Å²) in [6.45, 7) is 0.766. The van der Waals surface area contributed by atoms with E-state index in [1.54, 1.807) is 18.3 Å². The molecule has 0 amide bonds. The molecule has 0 atom stereocenters. The Kier molecular flexibility index (Phi) is 3.86. The molecule has 0 aliphatic carbocycles. The molecule has 86 valence electrons. The number of anilines is 1. The number of benzene rings is 1. The van der Waals surface area contributed by atoms with Gasteiger partial charge in [0.1, 0.15) is 5.82 Å². The minimum Gasteiger partial charge on any atom is -0.369 e. The average Bonchev–Trinajstić information content (AvgIpc) is 2.40. The van der Waals surface area contributed by atoms with E-state index in [0.717, 1.165) is 19.3 Å². The summed E-state index contributed by atoms with van der Waals surface area (Å²) < 4.78 is 0. The molecule has 3 heteroatoms. The molecule has 0 saturated carbocycles. The number of hydrogen-bond donors (Lipinski definition) is 1. The van der Waals surface area contributed by atoms with Crippen LogP contribution in [0.3, 0.4) is 0 Å². The molecule has 0 bridgehead atoms. The molecule has 0 spiro atoms. The first-order chi connectivity index (χ1) is 8.40. The van der Waals surface area contributed by atoms with Gasteiger partial charge in [-0.1, -0.05) is 30.3 Å². The van der Waals surface area contributed by atoms with Gasteiger partial charge in [-0.25, -0.2) is 4.98 Å². The van der Waals surface area contributed by atoms with E-state index in [1.807, 2.05) is 18.2 Å². The van der Waals surface area contributed by atoms with Gasteiger partial charge < -0.3 is 5.32 Å². The number of aromatic nitrogens is 1. The molecule has 0 saturated heterocycles. The third kappa shape index (κ3) is 3.14. The minimum absolute atomic E-state index is 0.598. The van der Waals surface area contributed by atoms with Crippen LogP contribution in [-0.2, 0) is 6.42 Å². The number of nitrogens with one attached hydrogen (secondary N) is 1. The second-order valence-corrected chi connectivity index (χ2v) is 3.72. The maximum absolute atomic E-state index is 10.8. The molecule has 1 N–H and O–H groups in total. The average molecular weight is 226 g/mol. The Balaban J connectivity index is 1.92. The van der Waals surface area contributed by atoms with E-state index in [1.165, 1.54) is 5.56 Å². The second kappa shape index (κ2) is 5.80. The lowest BCUT2D eigenvalue weighted by Gasteiger charge is -2.07. The Hall–Kier alpha value is -2.16.